The molecule has 0 aliphatic rings. The summed E-state index contributed by atoms with van der Waals surface area (Å²) >= 11 is 0. The Morgan fingerprint density at radius 1 is 1.25 bits per heavy atom. The Kier molecular flexibility index (Phi) is 6.03. The Morgan fingerprint density at radius 3 is 2.35 bits per heavy atom. The van der Waals surface area contributed by atoms with Crippen molar-refractivity contribution in [3.8, 4) is 5.75 Å². The van der Waals surface area contributed by atoms with Gasteiger partial charge in [-0.25, -0.2) is 0 Å². The van der Waals surface area contributed by atoms with Crippen LogP contribution in [-0.4, -0.2) is 29.9 Å². The van der Waals surface area contributed by atoms with E-state index >= 15 is 0 Å². The average molecular weight is 279 g/mol. The second-order valence-corrected chi connectivity index (χ2v) is 6.48. The fourth-order valence-corrected chi connectivity index (χ4v) is 2.46. The highest BCUT2D eigenvalue weighted by molar-refractivity contribution is 5.36. The zero-order chi connectivity index (χ0) is 15.3. The summed E-state index contributed by atoms with van der Waals surface area (Å²) in [4.78, 5) is 0. The van der Waals surface area contributed by atoms with E-state index in [9.17, 15) is 5.11 Å². The first-order chi connectivity index (χ1) is 9.27. The van der Waals surface area contributed by atoms with Crippen LogP contribution in [-0.2, 0) is 0 Å². The minimum Gasteiger partial charge on any atom is -0.492 e. The summed E-state index contributed by atoms with van der Waals surface area (Å²) in [6.07, 6.45) is 0. The molecule has 3 heteroatoms. The molecule has 1 atom stereocenters. The molecule has 1 unspecified atom stereocenters. The van der Waals surface area contributed by atoms with E-state index in [1.807, 2.05) is 13.0 Å². The molecular weight excluding hydrogens is 250 g/mol. The van der Waals surface area contributed by atoms with E-state index in [0.717, 1.165) is 5.75 Å². The molecule has 0 aliphatic carbocycles. The SMILES string of the molecule is Cc1cc(OCC(C)(CO)NC(C)C)ccc1C(C)C. The van der Waals surface area contributed by atoms with Crippen molar-refractivity contribution in [2.45, 2.75) is 59.0 Å². The van der Waals surface area contributed by atoms with Gasteiger partial charge in [0.15, 0.2) is 0 Å². The maximum atomic E-state index is 9.54. The number of nitrogens with one attached hydrogen (secondary N) is 1. The van der Waals surface area contributed by atoms with Crippen molar-refractivity contribution in [3.63, 3.8) is 0 Å². The van der Waals surface area contributed by atoms with E-state index in [-0.39, 0.29) is 6.61 Å². The Morgan fingerprint density at radius 2 is 1.90 bits per heavy atom. The van der Waals surface area contributed by atoms with Gasteiger partial charge in [0.2, 0.25) is 0 Å². The van der Waals surface area contributed by atoms with Gasteiger partial charge >= 0.3 is 0 Å². The second kappa shape index (κ2) is 7.09. The third-order valence-electron chi connectivity index (χ3n) is 3.41. The summed E-state index contributed by atoms with van der Waals surface area (Å²) in [5.41, 5.74) is 2.18. The summed E-state index contributed by atoms with van der Waals surface area (Å²) < 4.78 is 5.86. The highest BCUT2D eigenvalue weighted by Crippen LogP contribution is 2.24. The third kappa shape index (κ3) is 4.80. The van der Waals surface area contributed by atoms with Crippen LogP contribution in [0.25, 0.3) is 0 Å². The molecule has 0 saturated carbocycles. The van der Waals surface area contributed by atoms with Crippen LogP contribution in [0.3, 0.4) is 0 Å². The van der Waals surface area contributed by atoms with Gasteiger partial charge in [-0.3, -0.25) is 0 Å². The molecule has 0 aliphatic heterocycles. The van der Waals surface area contributed by atoms with Gasteiger partial charge in [0.1, 0.15) is 12.4 Å². The van der Waals surface area contributed by atoms with Crippen LogP contribution in [0.5, 0.6) is 5.75 Å². The molecule has 1 aromatic rings. The molecule has 0 radical (unpaired) electrons. The summed E-state index contributed by atoms with van der Waals surface area (Å²) in [6.45, 7) is 13.1. The summed E-state index contributed by atoms with van der Waals surface area (Å²) in [5.74, 6) is 1.38. The largest absolute Gasteiger partial charge is 0.492 e. The molecule has 0 amide bonds. The molecule has 0 heterocycles. The Balaban J connectivity index is 2.72. The van der Waals surface area contributed by atoms with Gasteiger partial charge in [0.25, 0.3) is 0 Å². The van der Waals surface area contributed by atoms with Gasteiger partial charge in [0.05, 0.1) is 12.1 Å². The molecule has 0 spiro atoms. The molecule has 3 nitrogen and oxygen atoms in total. The molecule has 0 bridgehead atoms. The molecule has 1 rings (SSSR count). The Bertz CT molecular complexity index is 429. The molecule has 2 N–H and O–H groups in total. The van der Waals surface area contributed by atoms with Crippen LogP contribution in [0.4, 0.5) is 0 Å². The van der Waals surface area contributed by atoms with Crippen LogP contribution in [0.15, 0.2) is 18.2 Å². The van der Waals surface area contributed by atoms with E-state index in [1.54, 1.807) is 0 Å². The maximum absolute atomic E-state index is 9.54. The molecule has 0 aromatic heterocycles. The van der Waals surface area contributed by atoms with Crippen molar-refractivity contribution in [3.05, 3.63) is 29.3 Å². The van der Waals surface area contributed by atoms with Crippen molar-refractivity contribution >= 4 is 0 Å². The monoisotopic (exact) mass is 279 g/mol. The summed E-state index contributed by atoms with van der Waals surface area (Å²) in [7, 11) is 0. The molecule has 20 heavy (non-hydrogen) atoms. The lowest BCUT2D eigenvalue weighted by molar-refractivity contribution is 0.109. The van der Waals surface area contributed by atoms with Crippen molar-refractivity contribution in [1.82, 2.24) is 5.32 Å². The van der Waals surface area contributed by atoms with Crippen molar-refractivity contribution in [2.75, 3.05) is 13.2 Å². The first-order valence-electron chi connectivity index (χ1n) is 7.39. The first kappa shape index (κ1) is 17.0. The van der Waals surface area contributed by atoms with Gasteiger partial charge in [0, 0.05) is 6.04 Å². The summed E-state index contributed by atoms with van der Waals surface area (Å²) in [6, 6.07) is 6.51. The fourth-order valence-electron chi connectivity index (χ4n) is 2.46. The molecule has 1 aromatic carbocycles. The quantitative estimate of drug-likeness (QED) is 0.805. The fraction of sp³-hybridized carbons (Fsp3) is 0.647. The minimum atomic E-state index is -0.418. The third-order valence-corrected chi connectivity index (χ3v) is 3.41. The van der Waals surface area contributed by atoms with Crippen LogP contribution in [0, 0.1) is 6.92 Å². The molecule has 0 saturated heterocycles. The number of rotatable bonds is 7. The van der Waals surface area contributed by atoms with Gasteiger partial charge < -0.3 is 15.2 Å². The number of aliphatic hydroxyl groups excluding tert-OH is 1. The minimum absolute atomic E-state index is 0.0498. The number of hydrogen-bond donors (Lipinski definition) is 2. The number of aliphatic hydroxyl groups is 1. The highest BCUT2D eigenvalue weighted by Gasteiger charge is 2.25. The second-order valence-electron chi connectivity index (χ2n) is 6.48. The highest BCUT2D eigenvalue weighted by atomic mass is 16.5. The Hall–Kier alpha value is -1.06. The molecule has 114 valence electrons. The van der Waals surface area contributed by atoms with E-state index in [0.29, 0.717) is 18.6 Å². The topological polar surface area (TPSA) is 41.5 Å². The van der Waals surface area contributed by atoms with E-state index < -0.39 is 5.54 Å². The van der Waals surface area contributed by atoms with Crippen molar-refractivity contribution < 1.29 is 9.84 Å². The van der Waals surface area contributed by atoms with Gasteiger partial charge in [-0.1, -0.05) is 33.8 Å². The van der Waals surface area contributed by atoms with Crippen LogP contribution in [0.2, 0.25) is 0 Å². The van der Waals surface area contributed by atoms with E-state index in [2.05, 4.69) is 52.1 Å². The summed E-state index contributed by atoms with van der Waals surface area (Å²) in [5, 5.41) is 12.9. The first-order valence-corrected chi connectivity index (χ1v) is 7.39. The van der Waals surface area contributed by atoms with E-state index in [1.165, 1.54) is 11.1 Å². The van der Waals surface area contributed by atoms with Crippen molar-refractivity contribution in [1.29, 1.82) is 0 Å². The number of ether oxygens (including phenoxy) is 1. The van der Waals surface area contributed by atoms with Crippen LogP contribution < -0.4 is 10.1 Å². The maximum Gasteiger partial charge on any atom is 0.119 e. The Labute approximate surface area is 123 Å². The van der Waals surface area contributed by atoms with Crippen LogP contribution >= 0.6 is 0 Å². The normalized spacial score (nSPS) is 14.7. The number of benzene rings is 1. The lowest BCUT2D eigenvalue weighted by Crippen LogP contribution is -2.53. The number of aryl methyl sites for hydroxylation is 1. The average Bonchev–Trinajstić information content (AvgIpc) is 2.35. The van der Waals surface area contributed by atoms with Gasteiger partial charge in [-0.15, -0.1) is 0 Å². The van der Waals surface area contributed by atoms with Gasteiger partial charge in [-0.2, -0.15) is 0 Å². The van der Waals surface area contributed by atoms with E-state index in [4.69, 9.17) is 4.74 Å². The lowest BCUT2D eigenvalue weighted by atomic mass is 9.98. The van der Waals surface area contributed by atoms with Crippen molar-refractivity contribution in [2.24, 2.45) is 0 Å². The molecular formula is C17H29NO2. The van der Waals surface area contributed by atoms with Crippen LogP contribution in [0.1, 0.15) is 51.7 Å². The predicted molar refractivity (Wildman–Crippen MR) is 84.5 cm³/mol. The zero-order valence-electron chi connectivity index (χ0n) is 13.7. The zero-order valence-corrected chi connectivity index (χ0v) is 13.7. The standard InChI is InChI=1S/C17H29NO2/c1-12(2)16-8-7-15(9-14(16)5)20-11-17(6,10-19)18-13(3)4/h7-9,12-13,18-19H,10-11H2,1-6H3. The van der Waals surface area contributed by atoms with Gasteiger partial charge in [-0.05, 0) is 43.0 Å². The lowest BCUT2D eigenvalue weighted by Gasteiger charge is -2.31. The number of hydrogen-bond acceptors (Lipinski definition) is 3. The molecule has 0 fully saturated rings. The predicted octanol–water partition coefficient (Wildman–Crippen LogP) is 3.25. The smallest absolute Gasteiger partial charge is 0.119 e.